The number of amides is 1. The van der Waals surface area contributed by atoms with Crippen LogP contribution in [0.1, 0.15) is 5.56 Å². The van der Waals surface area contributed by atoms with Crippen LogP contribution in [0, 0.1) is 0 Å². The van der Waals surface area contributed by atoms with E-state index in [0.717, 1.165) is 10.2 Å². The molecular formula is C12H9NO3Se. The summed E-state index contributed by atoms with van der Waals surface area (Å²) >= 11 is -0.230. The molecule has 0 N–H and O–H groups in total. The molecule has 1 aromatic rings. The van der Waals surface area contributed by atoms with E-state index in [4.69, 9.17) is 0 Å². The van der Waals surface area contributed by atoms with Crippen LogP contribution in [0.15, 0.2) is 45.9 Å². The maximum absolute atomic E-state index is 11.6. The van der Waals surface area contributed by atoms with Gasteiger partial charge in [-0.05, 0) is 0 Å². The molecule has 1 aliphatic heterocycles. The molecule has 0 aromatic heterocycles. The van der Waals surface area contributed by atoms with Crippen LogP contribution in [0.2, 0.25) is 0 Å². The van der Waals surface area contributed by atoms with Crippen LogP contribution >= 0.6 is 0 Å². The monoisotopic (exact) mass is 295 g/mol. The Balaban J connectivity index is 2.22. The third-order valence-corrected chi connectivity index (χ3v) is 4.26. The number of hydrogen-bond donors (Lipinski definition) is 0. The number of methoxy groups -OCH3 is 1. The Morgan fingerprint density at radius 1 is 1.35 bits per heavy atom. The van der Waals surface area contributed by atoms with E-state index in [1.807, 2.05) is 30.3 Å². The number of benzene rings is 1. The summed E-state index contributed by atoms with van der Waals surface area (Å²) in [6.07, 6.45) is 1.22. The summed E-state index contributed by atoms with van der Waals surface area (Å²) in [6.45, 7) is 0. The molecule has 1 heterocycles. The van der Waals surface area contributed by atoms with Crippen molar-refractivity contribution in [3.63, 3.8) is 0 Å². The first-order valence-corrected chi connectivity index (χ1v) is 6.58. The van der Waals surface area contributed by atoms with Crippen LogP contribution < -0.4 is 0 Å². The molecular weight excluding hydrogens is 285 g/mol. The first-order chi connectivity index (χ1) is 8.20. The zero-order valence-electron chi connectivity index (χ0n) is 9.04. The molecule has 0 atom stereocenters. The van der Waals surface area contributed by atoms with Gasteiger partial charge in [-0.25, -0.2) is 0 Å². The van der Waals surface area contributed by atoms with E-state index in [2.05, 4.69) is 9.73 Å². The normalized spacial score (nSPS) is 17.1. The van der Waals surface area contributed by atoms with Crippen molar-refractivity contribution in [3.8, 4) is 0 Å². The summed E-state index contributed by atoms with van der Waals surface area (Å²) in [5.74, 6) is -0.853. The zero-order chi connectivity index (χ0) is 12.3. The molecule has 4 nitrogen and oxygen atoms in total. The van der Waals surface area contributed by atoms with E-state index in [9.17, 15) is 9.59 Å². The second kappa shape index (κ2) is 5.08. The molecule has 17 heavy (non-hydrogen) atoms. The van der Waals surface area contributed by atoms with Gasteiger partial charge in [0.2, 0.25) is 0 Å². The van der Waals surface area contributed by atoms with Gasteiger partial charge < -0.3 is 0 Å². The van der Waals surface area contributed by atoms with E-state index in [0.29, 0.717) is 4.47 Å². The van der Waals surface area contributed by atoms with E-state index in [-0.39, 0.29) is 20.9 Å². The summed E-state index contributed by atoms with van der Waals surface area (Å²) in [5, 5.41) is 0. The van der Waals surface area contributed by atoms with E-state index in [1.54, 1.807) is 0 Å². The van der Waals surface area contributed by atoms with Crippen LogP contribution in [0.25, 0.3) is 0 Å². The third-order valence-electron chi connectivity index (χ3n) is 2.09. The van der Waals surface area contributed by atoms with Gasteiger partial charge in [0.1, 0.15) is 0 Å². The zero-order valence-corrected chi connectivity index (χ0v) is 10.8. The average molecular weight is 294 g/mol. The number of carbonyl (C=O) groups is 2. The minimum absolute atomic E-state index is 0.230. The average Bonchev–Trinajstić information content (AvgIpc) is 2.72. The SMILES string of the molecule is COC(=O)/C=C1\[Se]C(c2ccccc2)=NC1=O. The van der Waals surface area contributed by atoms with Crippen molar-refractivity contribution < 1.29 is 14.3 Å². The fourth-order valence-corrected chi connectivity index (χ4v) is 3.12. The Bertz CT molecular complexity index is 520. The Hall–Kier alpha value is -1.71. The van der Waals surface area contributed by atoms with Gasteiger partial charge >= 0.3 is 104 Å². The summed E-state index contributed by atoms with van der Waals surface area (Å²) in [6, 6.07) is 9.48. The van der Waals surface area contributed by atoms with Crippen LogP contribution in [0.3, 0.4) is 0 Å². The third kappa shape index (κ3) is 2.70. The van der Waals surface area contributed by atoms with Gasteiger partial charge in [0.25, 0.3) is 0 Å². The van der Waals surface area contributed by atoms with Crippen LogP contribution in [-0.4, -0.2) is 38.6 Å². The van der Waals surface area contributed by atoms with E-state index in [1.165, 1.54) is 13.2 Å². The van der Waals surface area contributed by atoms with Crippen molar-refractivity contribution in [3.05, 3.63) is 46.4 Å². The van der Waals surface area contributed by atoms with Gasteiger partial charge in [-0.3, -0.25) is 0 Å². The Labute approximate surface area is 105 Å². The van der Waals surface area contributed by atoms with Crippen molar-refractivity contribution in [2.24, 2.45) is 4.99 Å². The number of esters is 1. The second-order valence-corrected chi connectivity index (χ2v) is 5.38. The quantitative estimate of drug-likeness (QED) is 0.459. The van der Waals surface area contributed by atoms with Gasteiger partial charge in [0.05, 0.1) is 0 Å². The second-order valence-electron chi connectivity index (χ2n) is 3.22. The fourth-order valence-electron chi connectivity index (χ4n) is 1.28. The summed E-state index contributed by atoms with van der Waals surface area (Å²) in [5.41, 5.74) is 0.925. The molecule has 86 valence electrons. The Kier molecular flexibility index (Phi) is 3.52. The number of carbonyl (C=O) groups excluding carboxylic acids is 2. The van der Waals surface area contributed by atoms with Crippen molar-refractivity contribution in [1.82, 2.24) is 0 Å². The molecule has 0 unspecified atom stereocenters. The molecule has 0 aliphatic carbocycles. The predicted molar refractivity (Wildman–Crippen MR) is 63.8 cm³/mol. The molecule has 0 fully saturated rings. The predicted octanol–water partition coefficient (Wildman–Crippen LogP) is 0.734. The van der Waals surface area contributed by atoms with Crippen molar-refractivity contribution in [2.45, 2.75) is 0 Å². The molecule has 1 aliphatic rings. The standard InChI is InChI=1S/C12H9NO3Se/c1-16-10(14)7-9-11(15)13-12(17-9)8-5-3-2-4-6-8/h2-7H,1H3/b9-7-. The van der Waals surface area contributed by atoms with E-state index < -0.39 is 5.97 Å². The van der Waals surface area contributed by atoms with Crippen molar-refractivity contribution in [1.29, 1.82) is 0 Å². The number of rotatable bonds is 2. The Morgan fingerprint density at radius 3 is 2.71 bits per heavy atom. The van der Waals surface area contributed by atoms with Crippen molar-refractivity contribution in [2.75, 3.05) is 7.11 Å². The molecule has 1 aromatic carbocycles. The molecule has 5 heteroatoms. The molecule has 1 amide bonds. The maximum atomic E-state index is 11.6. The molecule has 0 spiro atoms. The summed E-state index contributed by atoms with van der Waals surface area (Å²) in [7, 11) is 1.28. The number of hydrogen-bond acceptors (Lipinski definition) is 3. The topological polar surface area (TPSA) is 55.7 Å². The van der Waals surface area contributed by atoms with Gasteiger partial charge in [-0.2, -0.15) is 0 Å². The van der Waals surface area contributed by atoms with Gasteiger partial charge in [0.15, 0.2) is 0 Å². The molecule has 0 radical (unpaired) electrons. The van der Waals surface area contributed by atoms with Gasteiger partial charge in [0, 0.05) is 0 Å². The Morgan fingerprint density at radius 2 is 2.06 bits per heavy atom. The van der Waals surface area contributed by atoms with Crippen molar-refractivity contribution >= 4 is 31.4 Å². The van der Waals surface area contributed by atoms with Gasteiger partial charge in [-0.1, -0.05) is 0 Å². The van der Waals surface area contributed by atoms with Crippen LogP contribution in [0.5, 0.6) is 0 Å². The molecule has 0 saturated heterocycles. The fraction of sp³-hybridized carbons (Fsp3) is 0.0833. The van der Waals surface area contributed by atoms with E-state index >= 15 is 0 Å². The number of nitrogens with zero attached hydrogens (tertiary/aromatic N) is 1. The van der Waals surface area contributed by atoms with Gasteiger partial charge in [-0.15, -0.1) is 0 Å². The van der Waals surface area contributed by atoms with Crippen LogP contribution in [-0.2, 0) is 14.3 Å². The number of aliphatic imine (C=N–C) groups is 1. The first-order valence-electron chi connectivity index (χ1n) is 4.86. The molecule has 0 saturated carbocycles. The molecule has 0 bridgehead atoms. The van der Waals surface area contributed by atoms with Crippen LogP contribution in [0.4, 0.5) is 0 Å². The summed E-state index contributed by atoms with van der Waals surface area (Å²) in [4.78, 5) is 26.6. The first kappa shape index (κ1) is 11.8. The molecule has 2 rings (SSSR count). The minimum atomic E-state index is -0.514. The summed E-state index contributed by atoms with van der Waals surface area (Å²) < 4.78 is 5.67. The number of ether oxygens (including phenoxy) is 1.